The number of thioether (sulfide) groups is 1. The van der Waals surface area contributed by atoms with Crippen molar-refractivity contribution in [2.45, 2.75) is 32.1 Å². The van der Waals surface area contributed by atoms with Crippen LogP contribution in [0.5, 0.6) is 0 Å². The Morgan fingerprint density at radius 2 is 1.78 bits per heavy atom. The summed E-state index contributed by atoms with van der Waals surface area (Å²) in [5.41, 5.74) is 3.64. The highest BCUT2D eigenvalue weighted by atomic mass is 79.9. The Morgan fingerprint density at radius 3 is 2.39 bits per heavy atom. The molecule has 0 bridgehead atoms. The molecule has 0 aliphatic heterocycles. The number of amides is 1. The zero-order chi connectivity index (χ0) is 16.7. The molecule has 2 aromatic carbocycles. The molecule has 23 heavy (non-hydrogen) atoms. The first-order valence-corrected chi connectivity index (χ1v) is 9.71. The Labute approximate surface area is 151 Å². The van der Waals surface area contributed by atoms with Crippen molar-refractivity contribution >= 4 is 33.6 Å². The van der Waals surface area contributed by atoms with E-state index in [4.69, 9.17) is 0 Å². The van der Waals surface area contributed by atoms with Gasteiger partial charge in [-0.25, -0.2) is 0 Å². The maximum Gasteiger partial charge on any atom is 0.230 e. The predicted molar refractivity (Wildman–Crippen MR) is 103 cm³/mol. The second kappa shape index (κ2) is 9.14. The number of aryl methyl sites for hydroxylation is 1. The van der Waals surface area contributed by atoms with Gasteiger partial charge in [-0.15, -0.1) is 11.8 Å². The summed E-state index contributed by atoms with van der Waals surface area (Å²) < 4.78 is 1.08. The van der Waals surface area contributed by atoms with E-state index in [2.05, 4.69) is 71.5 Å². The van der Waals surface area contributed by atoms with Crippen LogP contribution in [0.15, 0.2) is 53.0 Å². The van der Waals surface area contributed by atoms with Gasteiger partial charge in [0.05, 0.1) is 11.8 Å². The SMILES string of the molecule is CC[C@H](NC(=O)CSCc1ccc(Br)cc1)c1ccc(C)cc1. The molecule has 0 saturated heterocycles. The molecular weight excluding hydrogens is 370 g/mol. The van der Waals surface area contributed by atoms with E-state index in [9.17, 15) is 4.79 Å². The molecule has 0 spiro atoms. The van der Waals surface area contributed by atoms with Crippen LogP contribution in [0.3, 0.4) is 0 Å². The fourth-order valence-corrected chi connectivity index (χ4v) is 3.36. The first-order chi connectivity index (χ1) is 11.1. The summed E-state index contributed by atoms with van der Waals surface area (Å²) in [6, 6.07) is 16.7. The van der Waals surface area contributed by atoms with Crippen molar-refractivity contribution < 1.29 is 4.79 Å². The monoisotopic (exact) mass is 391 g/mol. The number of halogens is 1. The average Bonchev–Trinajstić information content (AvgIpc) is 2.55. The number of hydrogen-bond acceptors (Lipinski definition) is 2. The van der Waals surface area contributed by atoms with Gasteiger partial charge >= 0.3 is 0 Å². The van der Waals surface area contributed by atoms with Gasteiger partial charge in [0.2, 0.25) is 5.91 Å². The van der Waals surface area contributed by atoms with E-state index in [1.54, 1.807) is 11.8 Å². The van der Waals surface area contributed by atoms with Crippen molar-refractivity contribution in [2.24, 2.45) is 0 Å². The Bertz CT molecular complexity index is 625. The molecule has 4 heteroatoms. The molecule has 1 N–H and O–H groups in total. The summed E-state index contributed by atoms with van der Waals surface area (Å²) in [6.45, 7) is 4.17. The van der Waals surface area contributed by atoms with Crippen molar-refractivity contribution in [3.8, 4) is 0 Å². The predicted octanol–water partition coefficient (Wildman–Crippen LogP) is 5.26. The van der Waals surface area contributed by atoms with E-state index in [1.807, 2.05) is 12.1 Å². The van der Waals surface area contributed by atoms with E-state index >= 15 is 0 Å². The molecule has 2 nitrogen and oxygen atoms in total. The van der Waals surface area contributed by atoms with Crippen LogP contribution in [0.25, 0.3) is 0 Å². The summed E-state index contributed by atoms with van der Waals surface area (Å²) in [5, 5.41) is 3.13. The van der Waals surface area contributed by atoms with Crippen LogP contribution in [0.4, 0.5) is 0 Å². The van der Waals surface area contributed by atoms with Crippen molar-refractivity contribution in [3.05, 3.63) is 69.7 Å². The van der Waals surface area contributed by atoms with Crippen LogP contribution in [-0.4, -0.2) is 11.7 Å². The van der Waals surface area contributed by atoms with Gasteiger partial charge in [0.15, 0.2) is 0 Å². The summed E-state index contributed by atoms with van der Waals surface area (Å²) in [6.07, 6.45) is 0.895. The average molecular weight is 392 g/mol. The van der Waals surface area contributed by atoms with Gasteiger partial charge in [-0.05, 0) is 36.6 Å². The molecule has 0 heterocycles. The van der Waals surface area contributed by atoms with E-state index < -0.39 is 0 Å². The number of benzene rings is 2. The van der Waals surface area contributed by atoms with E-state index in [0.717, 1.165) is 16.6 Å². The van der Waals surface area contributed by atoms with Crippen LogP contribution in [0.2, 0.25) is 0 Å². The molecule has 0 unspecified atom stereocenters. The normalized spacial score (nSPS) is 12.0. The minimum Gasteiger partial charge on any atom is -0.349 e. The van der Waals surface area contributed by atoms with Gasteiger partial charge < -0.3 is 5.32 Å². The molecule has 0 saturated carbocycles. The molecule has 2 aromatic rings. The molecule has 1 amide bonds. The van der Waals surface area contributed by atoms with Crippen LogP contribution >= 0.6 is 27.7 Å². The number of nitrogens with one attached hydrogen (secondary N) is 1. The molecule has 0 aliphatic carbocycles. The standard InChI is InChI=1S/C19H22BrNOS/c1-3-18(16-8-4-14(2)5-9-16)21-19(22)13-23-12-15-6-10-17(20)11-7-15/h4-11,18H,3,12-13H2,1-2H3,(H,21,22)/t18-/m0/s1. The first-order valence-electron chi connectivity index (χ1n) is 7.76. The Balaban J connectivity index is 1.80. The topological polar surface area (TPSA) is 29.1 Å². The fourth-order valence-electron chi connectivity index (χ4n) is 2.30. The van der Waals surface area contributed by atoms with Crippen LogP contribution in [0.1, 0.15) is 36.1 Å². The molecular formula is C19H22BrNOS. The largest absolute Gasteiger partial charge is 0.349 e. The highest BCUT2D eigenvalue weighted by molar-refractivity contribution is 9.10. The zero-order valence-electron chi connectivity index (χ0n) is 13.5. The van der Waals surface area contributed by atoms with Gasteiger partial charge in [-0.1, -0.05) is 64.8 Å². The Hall–Kier alpha value is -1.26. The summed E-state index contributed by atoms with van der Waals surface area (Å²) in [4.78, 5) is 12.2. The minimum absolute atomic E-state index is 0.0939. The Kier molecular flexibility index (Phi) is 7.18. The second-order valence-corrected chi connectivity index (χ2v) is 7.46. The van der Waals surface area contributed by atoms with E-state index in [1.165, 1.54) is 16.7 Å². The van der Waals surface area contributed by atoms with E-state index in [-0.39, 0.29) is 11.9 Å². The lowest BCUT2D eigenvalue weighted by atomic mass is 10.0. The summed E-state index contributed by atoms with van der Waals surface area (Å²) >= 11 is 5.07. The second-order valence-electron chi connectivity index (χ2n) is 5.56. The maximum absolute atomic E-state index is 12.2. The van der Waals surface area contributed by atoms with Gasteiger partial charge in [0.25, 0.3) is 0 Å². The van der Waals surface area contributed by atoms with Gasteiger partial charge in [-0.3, -0.25) is 4.79 Å². The highest BCUT2D eigenvalue weighted by Crippen LogP contribution is 2.19. The van der Waals surface area contributed by atoms with Crippen LogP contribution in [-0.2, 0) is 10.5 Å². The Morgan fingerprint density at radius 1 is 1.13 bits per heavy atom. The lowest BCUT2D eigenvalue weighted by Gasteiger charge is -2.17. The number of hydrogen-bond donors (Lipinski definition) is 1. The molecule has 2 rings (SSSR count). The molecule has 122 valence electrons. The highest BCUT2D eigenvalue weighted by Gasteiger charge is 2.12. The molecule has 0 radical (unpaired) electrons. The van der Waals surface area contributed by atoms with Gasteiger partial charge in [0.1, 0.15) is 0 Å². The number of rotatable bonds is 7. The third kappa shape index (κ3) is 6.04. The lowest BCUT2D eigenvalue weighted by Crippen LogP contribution is -2.29. The number of carbonyl (C=O) groups excluding carboxylic acids is 1. The molecule has 0 fully saturated rings. The van der Waals surface area contributed by atoms with Crippen molar-refractivity contribution in [2.75, 3.05) is 5.75 Å². The maximum atomic E-state index is 12.2. The molecule has 0 aliphatic rings. The zero-order valence-corrected chi connectivity index (χ0v) is 15.9. The fraction of sp³-hybridized carbons (Fsp3) is 0.316. The molecule has 1 atom stereocenters. The van der Waals surface area contributed by atoms with Crippen LogP contribution < -0.4 is 5.32 Å². The van der Waals surface area contributed by atoms with Crippen LogP contribution in [0, 0.1) is 6.92 Å². The van der Waals surface area contributed by atoms with Crippen molar-refractivity contribution in [1.29, 1.82) is 0 Å². The number of carbonyl (C=O) groups is 1. The quantitative estimate of drug-likeness (QED) is 0.697. The van der Waals surface area contributed by atoms with E-state index in [0.29, 0.717) is 5.75 Å². The van der Waals surface area contributed by atoms with Gasteiger partial charge in [-0.2, -0.15) is 0 Å². The third-order valence-electron chi connectivity index (χ3n) is 3.64. The first kappa shape index (κ1) is 18.1. The van der Waals surface area contributed by atoms with Crippen molar-refractivity contribution in [3.63, 3.8) is 0 Å². The third-order valence-corrected chi connectivity index (χ3v) is 5.17. The van der Waals surface area contributed by atoms with Gasteiger partial charge in [0, 0.05) is 10.2 Å². The minimum atomic E-state index is 0.0939. The lowest BCUT2D eigenvalue weighted by molar-refractivity contribution is -0.119. The smallest absolute Gasteiger partial charge is 0.230 e. The summed E-state index contributed by atoms with van der Waals surface area (Å²) in [7, 11) is 0. The summed E-state index contributed by atoms with van der Waals surface area (Å²) in [5.74, 6) is 1.43. The van der Waals surface area contributed by atoms with Crippen molar-refractivity contribution in [1.82, 2.24) is 5.32 Å². The molecule has 0 aromatic heterocycles.